The molecule has 0 unspecified atom stereocenters. The number of ether oxygens (including phenoxy) is 2. The second-order valence-electron chi connectivity index (χ2n) is 10.8. The zero-order chi connectivity index (χ0) is 26.5. The number of carbonyl (C=O) groups excluding carboxylic acids is 1. The van der Waals surface area contributed by atoms with Crippen LogP contribution in [0.1, 0.15) is 41.9 Å². The van der Waals surface area contributed by atoms with Crippen LogP contribution >= 0.6 is 0 Å². The van der Waals surface area contributed by atoms with Gasteiger partial charge in [0, 0.05) is 57.2 Å². The zero-order valence-electron chi connectivity index (χ0n) is 22.8. The van der Waals surface area contributed by atoms with Crippen LogP contribution in [0.4, 0.5) is 11.5 Å². The highest BCUT2D eigenvalue weighted by molar-refractivity contribution is 5.87. The van der Waals surface area contributed by atoms with Crippen molar-refractivity contribution >= 4 is 17.4 Å². The largest absolute Gasteiger partial charge is 0.486 e. The van der Waals surface area contributed by atoms with Gasteiger partial charge in [0.25, 0.3) is 0 Å². The highest BCUT2D eigenvalue weighted by Crippen LogP contribution is 2.39. The number of nitrogens with one attached hydrogen (secondary N) is 1. The van der Waals surface area contributed by atoms with E-state index < -0.39 is 0 Å². The number of para-hydroxylation sites is 1. The van der Waals surface area contributed by atoms with Gasteiger partial charge in [0.2, 0.25) is 5.91 Å². The Labute approximate surface area is 226 Å². The molecule has 5 heterocycles. The molecule has 3 fully saturated rings. The Morgan fingerprint density at radius 1 is 1.13 bits per heavy atom. The maximum atomic E-state index is 11.3. The van der Waals surface area contributed by atoms with Crippen molar-refractivity contribution < 1.29 is 14.3 Å². The fourth-order valence-corrected chi connectivity index (χ4v) is 5.80. The maximum absolute atomic E-state index is 11.3. The van der Waals surface area contributed by atoms with Crippen LogP contribution in [-0.2, 0) is 16.1 Å². The monoisotopic (exact) mass is 519 g/mol. The number of amides is 1. The average Bonchev–Trinajstić information content (AvgIpc) is 3.25. The number of nitrogens with zero attached hydrogens (tertiary/aromatic N) is 4. The maximum Gasteiger partial charge on any atom is 0.246 e. The minimum Gasteiger partial charge on any atom is -0.486 e. The normalized spacial score (nSPS) is 20.7. The first-order valence-electron chi connectivity index (χ1n) is 13.9. The summed E-state index contributed by atoms with van der Waals surface area (Å²) in [7, 11) is 2.18. The molecule has 1 aromatic heterocycles. The van der Waals surface area contributed by atoms with Gasteiger partial charge in [-0.1, -0.05) is 18.7 Å². The Balaban J connectivity index is 0.000000163. The summed E-state index contributed by atoms with van der Waals surface area (Å²) in [4.78, 5) is 22.6. The number of pyridine rings is 1. The van der Waals surface area contributed by atoms with E-state index in [9.17, 15) is 4.79 Å². The van der Waals surface area contributed by atoms with Gasteiger partial charge in [-0.15, -0.1) is 0 Å². The topological polar surface area (TPSA) is 70.2 Å². The number of carbonyl (C=O) groups is 1. The van der Waals surface area contributed by atoms with E-state index >= 15 is 0 Å². The van der Waals surface area contributed by atoms with E-state index in [-0.39, 0.29) is 5.91 Å². The molecule has 1 amide bonds. The first-order valence-corrected chi connectivity index (χ1v) is 13.9. The Morgan fingerprint density at radius 3 is 2.74 bits per heavy atom. The lowest BCUT2D eigenvalue weighted by atomic mass is 9.89. The van der Waals surface area contributed by atoms with Crippen LogP contribution in [0.25, 0.3) is 0 Å². The molecular weight excluding hydrogens is 478 g/mol. The highest BCUT2D eigenvalue weighted by Gasteiger charge is 2.34. The minimum absolute atomic E-state index is 0.0724. The van der Waals surface area contributed by atoms with Gasteiger partial charge in [-0.25, -0.2) is 4.98 Å². The smallest absolute Gasteiger partial charge is 0.246 e. The molecule has 8 heteroatoms. The summed E-state index contributed by atoms with van der Waals surface area (Å²) in [5.74, 6) is 2.47. The first kappa shape index (κ1) is 26.7. The summed E-state index contributed by atoms with van der Waals surface area (Å²) >= 11 is 0. The Kier molecular flexibility index (Phi) is 8.61. The molecule has 0 aliphatic carbocycles. The van der Waals surface area contributed by atoms with E-state index in [4.69, 9.17) is 9.47 Å². The fraction of sp³-hybridized carbons (Fsp3) is 0.533. The molecule has 0 saturated carbocycles. The number of benzene rings is 1. The number of hydrogen-bond acceptors (Lipinski definition) is 7. The summed E-state index contributed by atoms with van der Waals surface area (Å²) in [6.45, 7) is 14.3. The third-order valence-electron chi connectivity index (χ3n) is 8.20. The molecule has 0 spiro atoms. The number of rotatable bonds is 3. The molecule has 6 rings (SSSR count). The van der Waals surface area contributed by atoms with Gasteiger partial charge in [0.05, 0.1) is 5.69 Å². The van der Waals surface area contributed by atoms with Gasteiger partial charge in [0.15, 0.2) is 0 Å². The van der Waals surface area contributed by atoms with Crippen LogP contribution in [0, 0.1) is 6.92 Å². The van der Waals surface area contributed by atoms with Crippen molar-refractivity contribution in [2.45, 2.75) is 44.8 Å². The lowest BCUT2D eigenvalue weighted by Gasteiger charge is -2.44. The number of fused-ring (bicyclic) bond motifs is 2. The molecule has 4 aliphatic rings. The van der Waals surface area contributed by atoms with Gasteiger partial charge in [-0.3, -0.25) is 9.69 Å². The third kappa shape index (κ3) is 6.03. The zero-order valence-corrected chi connectivity index (χ0v) is 22.8. The van der Waals surface area contributed by atoms with E-state index in [1.54, 1.807) is 0 Å². The quantitative estimate of drug-likeness (QED) is 0.616. The van der Waals surface area contributed by atoms with Crippen LogP contribution < -0.4 is 10.1 Å². The predicted molar refractivity (Wildman–Crippen MR) is 150 cm³/mol. The molecule has 3 saturated heterocycles. The first-order chi connectivity index (χ1) is 18.5. The number of likely N-dealkylation sites (tertiary alicyclic amines) is 1. The van der Waals surface area contributed by atoms with Gasteiger partial charge >= 0.3 is 0 Å². The number of aromatic nitrogens is 1. The van der Waals surface area contributed by atoms with Crippen LogP contribution in [0.5, 0.6) is 5.75 Å². The van der Waals surface area contributed by atoms with Crippen molar-refractivity contribution in [3.63, 3.8) is 0 Å². The lowest BCUT2D eigenvalue weighted by Crippen LogP contribution is -2.61. The molecule has 1 N–H and O–H groups in total. The molecule has 38 heavy (non-hydrogen) atoms. The van der Waals surface area contributed by atoms with Crippen molar-refractivity contribution in [2.24, 2.45) is 0 Å². The second-order valence-corrected chi connectivity index (χ2v) is 10.8. The number of hydrogen-bond donors (Lipinski definition) is 1. The second kappa shape index (κ2) is 12.3. The van der Waals surface area contributed by atoms with Gasteiger partial charge in [-0.2, -0.15) is 0 Å². The van der Waals surface area contributed by atoms with Crippen molar-refractivity contribution in [1.82, 2.24) is 19.7 Å². The summed E-state index contributed by atoms with van der Waals surface area (Å²) in [6.07, 6.45) is 6.69. The molecule has 2 aromatic rings. The van der Waals surface area contributed by atoms with Crippen molar-refractivity contribution in [1.29, 1.82) is 0 Å². The Morgan fingerprint density at radius 2 is 1.95 bits per heavy atom. The molecule has 0 atom stereocenters. The standard InChI is InChI=1S/C18H20N2O2.C12H21N3O/c1-12-3-2-4-16-17(12)22-11-15-14(5-8-19-18(15)20-16)13-6-9-21-10-7-13;1-3-12(16)15-9-11(10-15)14-6-4-5-13(2)7-8-14/h2-5,8,13H,6-7,9-11H2,1H3,(H,19,20);3,11H,1,4-10H2,2H3. The highest BCUT2D eigenvalue weighted by atomic mass is 16.5. The van der Waals surface area contributed by atoms with E-state index in [0.717, 1.165) is 75.1 Å². The summed E-state index contributed by atoms with van der Waals surface area (Å²) in [6, 6.07) is 8.87. The predicted octanol–water partition coefficient (Wildman–Crippen LogP) is 3.94. The fourth-order valence-electron chi connectivity index (χ4n) is 5.80. The molecule has 0 bridgehead atoms. The van der Waals surface area contributed by atoms with E-state index in [0.29, 0.717) is 18.6 Å². The molecule has 204 valence electrons. The number of aryl methyl sites for hydroxylation is 1. The van der Waals surface area contributed by atoms with E-state index in [1.165, 1.54) is 36.7 Å². The van der Waals surface area contributed by atoms with Crippen LogP contribution in [0.2, 0.25) is 0 Å². The SMILES string of the molecule is C=CC(=O)N1CC(N2CCCN(C)CC2)C1.Cc1cccc2c1OCc1c(C3CCOCC3)ccnc1N2. The molecule has 0 radical (unpaired) electrons. The lowest BCUT2D eigenvalue weighted by molar-refractivity contribution is -0.133. The van der Waals surface area contributed by atoms with Gasteiger partial charge in [0.1, 0.15) is 18.2 Å². The van der Waals surface area contributed by atoms with Gasteiger partial charge < -0.3 is 24.6 Å². The van der Waals surface area contributed by atoms with Crippen LogP contribution in [-0.4, -0.2) is 91.2 Å². The van der Waals surface area contributed by atoms with Crippen LogP contribution in [0.3, 0.4) is 0 Å². The molecule has 1 aromatic carbocycles. The summed E-state index contributed by atoms with van der Waals surface area (Å²) in [5, 5.41) is 3.46. The minimum atomic E-state index is 0.0724. The van der Waals surface area contributed by atoms with E-state index in [2.05, 4.69) is 52.8 Å². The number of likely N-dealkylation sites (N-methyl/N-ethyl adjacent to an activating group) is 1. The summed E-state index contributed by atoms with van der Waals surface area (Å²) < 4.78 is 11.6. The van der Waals surface area contributed by atoms with Crippen LogP contribution in [0.15, 0.2) is 43.1 Å². The average molecular weight is 520 g/mol. The van der Waals surface area contributed by atoms with Gasteiger partial charge in [-0.05, 0) is 81.6 Å². The number of anilines is 2. The molecule has 4 aliphatic heterocycles. The molecular formula is C30H41N5O3. The molecule has 8 nitrogen and oxygen atoms in total. The van der Waals surface area contributed by atoms with E-state index in [1.807, 2.05) is 23.2 Å². The summed E-state index contributed by atoms with van der Waals surface area (Å²) in [5.41, 5.74) is 4.68. The van der Waals surface area contributed by atoms with Crippen molar-refractivity contribution in [3.8, 4) is 5.75 Å². The van der Waals surface area contributed by atoms with Crippen molar-refractivity contribution in [2.75, 3.05) is 64.8 Å². The third-order valence-corrected chi connectivity index (χ3v) is 8.20. The van der Waals surface area contributed by atoms with Crippen molar-refractivity contribution in [3.05, 3.63) is 59.8 Å². The Bertz CT molecular complexity index is 1130. The Hall–Kier alpha value is -2.94.